The topological polar surface area (TPSA) is 99.7 Å². The number of benzene rings is 4. The molecule has 182 valence electrons. The second-order valence-electron chi connectivity index (χ2n) is 9.20. The van der Waals surface area contributed by atoms with Gasteiger partial charge in [-0.1, -0.05) is 60.7 Å². The zero-order valence-electron chi connectivity index (χ0n) is 19.9. The van der Waals surface area contributed by atoms with E-state index >= 15 is 0 Å². The van der Waals surface area contributed by atoms with Gasteiger partial charge in [-0.2, -0.15) is 0 Å². The van der Waals surface area contributed by atoms with Crippen LogP contribution in [0, 0.1) is 5.41 Å². The van der Waals surface area contributed by atoms with Gasteiger partial charge in [0.1, 0.15) is 18.0 Å². The number of esters is 1. The Hall–Kier alpha value is -4.23. The number of hydrogen-bond acceptors (Lipinski definition) is 5. The summed E-state index contributed by atoms with van der Waals surface area (Å²) in [5, 5.41) is 11.4. The lowest BCUT2D eigenvalue weighted by molar-refractivity contribution is -0.137. The quantitative estimate of drug-likeness (QED) is 0.180. The Morgan fingerprint density at radius 1 is 0.861 bits per heavy atom. The van der Waals surface area contributed by atoms with Gasteiger partial charge in [-0.05, 0) is 45.5 Å². The van der Waals surface area contributed by atoms with Gasteiger partial charge in [0.2, 0.25) is 5.91 Å². The predicted molar refractivity (Wildman–Crippen MR) is 141 cm³/mol. The number of amides is 1. The van der Waals surface area contributed by atoms with Crippen LogP contribution in [-0.2, 0) is 22.7 Å². The van der Waals surface area contributed by atoms with Crippen molar-refractivity contribution in [2.75, 3.05) is 19.6 Å². The summed E-state index contributed by atoms with van der Waals surface area (Å²) in [5.41, 5.74) is 7.49. The SMILES string of the molecule is N=C(N)CC(=O)Oc1cccc2ccc(CN3CCN(Cc4ccc5ccccc5c4)CC3=O)cc12. The van der Waals surface area contributed by atoms with Gasteiger partial charge in [-0.15, -0.1) is 0 Å². The largest absolute Gasteiger partial charge is 0.426 e. The molecular weight excluding hydrogens is 452 g/mol. The molecule has 0 saturated carbocycles. The van der Waals surface area contributed by atoms with Gasteiger partial charge in [0.15, 0.2) is 0 Å². The maximum absolute atomic E-state index is 13.0. The molecule has 0 atom stereocenters. The van der Waals surface area contributed by atoms with Gasteiger partial charge in [-0.3, -0.25) is 19.9 Å². The minimum Gasteiger partial charge on any atom is -0.426 e. The third-order valence-electron chi connectivity index (χ3n) is 6.46. The van der Waals surface area contributed by atoms with Crippen molar-refractivity contribution in [2.24, 2.45) is 5.73 Å². The van der Waals surface area contributed by atoms with Crippen LogP contribution in [0.15, 0.2) is 78.9 Å². The summed E-state index contributed by atoms with van der Waals surface area (Å²) in [7, 11) is 0. The van der Waals surface area contributed by atoms with E-state index in [9.17, 15) is 9.59 Å². The van der Waals surface area contributed by atoms with Gasteiger partial charge < -0.3 is 15.4 Å². The Bertz CT molecular complexity index is 1470. The van der Waals surface area contributed by atoms with E-state index in [0.717, 1.165) is 29.4 Å². The first-order chi connectivity index (χ1) is 17.4. The molecule has 0 aliphatic carbocycles. The molecule has 0 spiro atoms. The number of hydrogen-bond donors (Lipinski definition) is 2. The van der Waals surface area contributed by atoms with Crippen LogP contribution in [0.25, 0.3) is 21.5 Å². The fourth-order valence-electron chi connectivity index (χ4n) is 4.67. The number of rotatable bonds is 7. The smallest absolute Gasteiger partial charge is 0.318 e. The molecule has 1 saturated heterocycles. The van der Waals surface area contributed by atoms with Crippen molar-refractivity contribution in [1.82, 2.24) is 9.80 Å². The highest BCUT2D eigenvalue weighted by molar-refractivity contribution is 5.97. The van der Waals surface area contributed by atoms with E-state index < -0.39 is 5.97 Å². The van der Waals surface area contributed by atoms with Gasteiger partial charge >= 0.3 is 5.97 Å². The highest BCUT2D eigenvalue weighted by Gasteiger charge is 2.24. The van der Waals surface area contributed by atoms with Crippen molar-refractivity contribution in [1.29, 1.82) is 5.41 Å². The maximum Gasteiger partial charge on any atom is 0.318 e. The molecular formula is C29H28N4O3. The molecule has 1 aliphatic heterocycles. The second-order valence-corrected chi connectivity index (χ2v) is 9.20. The van der Waals surface area contributed by atoms with E-state index in [1.54, 1.807) is 6.07 Å². The summed E-state index contributed by atoms with van der Waals surface area (Å²) >= 11 is 0. The van der Waals surface area contributed by atoms with Crippen molar-refractivity contribution < 1.29 is 14.3 Å². The summed E-state index contributed by atoms with van der Waals surface area (Å²) in [6.07, 6.45) is -0.256. The lowest BCUT2D eigenvalue weighted by atomic mass is 10.0. The molecule has 0 unspecified atom stereocenters. The summed E-state index contributed by atoms with van der Waals surface area (Å²) in [5.74, 6) is -0.284. The van der Waals surface area contributed by atoms with Gasteiger partial charge in [0, 0.05) is 31.6 Å². The van der Waals surface area contributed by atoms with Gasteiger partial charge in [0.05, 0.1) is 6.54 Å². The van der Waals surface area contributed by atoms with Crippen molar-refractivity contribution in [3.63, 3.8) is 0 Å². The third kappa shape index (κ3) is 5.37. The molecule has 0 bridgehead atoms. The van der Waals surface area contributed by atoms with Crippen LogP contribution in [0.4, 0.5) is 0 Å². The second kappa shape index (κ2) is 10.2. The van der Waals surface area contributed by atoms with Crippen molar-refractivity contribution in [3.05, 3.63) is 90.0 Å². The average molecular weight is 481 g/mol. The highest BCUT2D eigenvalue weighted by atomic mass is 16.5. The molecule has 1 heterocycles. The van der Waals surface area contributed by atoms with Crippen molar-refractivity contribution >= 4 is 39.3 Å². The first-order valence-electron chi connectivity index (χ1n) is 12.0. The van der Waals surface area contributed by atoms with Crippen LogP contribution in [0.1, 0.15) is 17.5 Å². The Balaban J connectivity index is 1.25. The fraction of sp³-hybridized carbons (Fsp3) is 0.207. The molecule has 0 radical (unpaired) electrons. The fourth-order valence-corrected chi connectivity index (χ4v) is 4.67. The Morgan fingerprint density at radius 3 is 2.36 bits per heavy atom. The molecule has 1 amide bonds. The minimum absolute atomic E-state index is 0.100. The van der Waals surface area contributed by atoms with E-state index in [4.69, 9.17) is 15.9 Å². The van der Waals surface area contributed by atoms with E-state index in [0.29, 0.717) is 25.4 Å². The molecule has 3 N–H and O–H groups in total. The van der Waals surface area contributed by atoms with E-state index in [1.165, 1.54) is 16.3 Å². The van der Waals surface area contributed by atoms with Crippen LogP contribution in [-0.4, -0.2) is 47.1 Å². The van der Waals surface area contributed by atoms with Crippen LogP contribution in [0.5, 0.6) is 5.75 Å². The number of carbonyl (C=O) groups excluding carboxylic acids is 2. The molecule has 4 aromatic carbocycles. The summed E-state index contributed by atoms with van der Waals surface area (Å²) in [6.45, 7) is 3.08. The van der Waals surface area contributed by atoms with Gasteiger partial charge in [0.25, 0.3) is 0 Å². The predicted octanol–water partition coefficient (Wildman–Crippen LogP) is 4.07. The Kier molecular flexibility index (Phi) is 6.64. The molecule has 5 rings (SSSR count). The number of nitrogens with two attached hydrogens (primary N) is 1. The number of nitrogens with zero attached hydrogens (tertiary/aromatic N) is 2. The molecule has 0 aromatic heterocycles. The van der Waals surface area contributed by atoms with Crippen LogP contribution >= 0.6 is 0 Å². The summed E-state index contributed by atoms with van der Waals surface area (Å²) < 4.78 is 5.46. The van der Waals surface area contributed by atoms with E-state index in [2.05, 4.69) is 35.2 Å². The average Bonchev–Trinajstić information content (AvgIpc) is 2.85. The van der Waals surface area contributed by atoms with Crippen molar-refractivity contribution in [2.45, 2.75) is 19.5 Å². The number of fused-ring (bicyclic) bond motifs is 2. The number of ether oxygens (including phenoxy) is 1. The maximum atomic E-state index is 13.0. The monoisotopic (exact) mass is 480 g/mol. The number of piperazine rings is 1. The normalized spacial score (nSPS) is 14.3. The molecule has 7 nitrogen and oxygen atoms in total. The van der Waals surface area contributed by atoms with Crippen LogP contribution in [0.3, 0.4) is 0 Å². The first-order valence-corrected chi connectivity index (χ1v) is 12.0. The first kappa shape index (κ1) is 23.5. The summed E-state index contributed by atoms with van der Waals surface area (Å²) in [6, 6.07) is 26.2. The van der Waals surface area contributed by atoms with Gasteiger partial charge in [-0.25, -0.2) is 0 Å². The highest BCUT2D eigenvalue weighted by Crippen LogP contribution is 2.28. The molecule has 7 heteroatoms. The molecule has 4 aromatic rings. The molecule has 1 aliphatic rings. The number of nitrogens with one attached hydrogen (secondary N) is 1. The lowest BCUT2D eigenvalue weighted by Gasteiger charge is -2.34. The van der Waals surface area contributed by atoms with E-state index in [-0.39, 0.29) is 18.2 Å². The van der Waals surface area contributed by atoms with Crippen LogP contribution in [0.2, 0.25) is 0 Å². The van der Waals surface area contributed by atoms with E-state index in [1.807, 2.05) is 47.4 Å². The number of carbonyl (C=O) groups is 2. The zero-order chi connectivity index (χ0) is 25.1. The summed E-state index contributed by atoms with van der Waals surface area (Å²) in [4.78, 5) is 29.1. The lowest BCUT2D eigenvalue weighted by Crippen LogP contribution is -2.49. The minimum atomic E-state index is -0.571. The molecule has 1 fully saturated rings. The molecule has 36 heavy (non-hydrogen) atoms. The zero-order valence-corrected chi connectivity index (χ0v) is 19.9. The van der Waals surface area contributed by atoms with Crippen LogP contribution < -0.4 is 10.5 Å². The Labute approximate surface area is 209 Å². The standard InChI is InChI=1S/C29H28N4O3/c30-27(31)16-29(35)36-26-7-3-6-23-11-9-21(15-25(23)26)18-33-13-12-32(19-28(33)34)17-20-8-10-22-4-1-2-5-24(22)14-20/h1-11,14-15H,12-13,16-19H2,(H3,30,31). The Morgan fingerprint density at radius 2 is 1.58 bits per heavy atom. The number of amidine groups is 1. The van der Waals surface area contributed by atoms with Crippen molar-refractivity contribution in [3.8, 4) is 5.75 Å². The third-order valence-corrected chi connectivity index (χ3v) is 6.46.